The van der Waals surface area contributed by atoms with Gasteiger partial charge >= 0.3 is 18.0 Å². The van der Waals surface area contributed by atoms with E-state index in [1.807, 2.05) is 0 Å². The fourth-order valence-corrected chi connectivity index (χ4v) is 0.723. The number of aliphatic hydroxyl groups is 1. The number of alkyl halides is 9. The number of hydrogen-bond acceptors (Lipinski definition) is 1. The van der Waals surface area contributed by atoms with Gasteiger partial charge in [0.05, 0.1) is 0 Å². The van der Waals surface area contributed by atoms with Crippen LogP contribution in [0.3, 0.4) is 0 Å². The highest BCUT2D eigenvalue weighted by Gasteiger charge is 2.78. The van der Waals surface area contributed by atoms with E-state index < -0.39 is 21.7 Å². The minimum atomic E-state index is -6.19. The maximum Gasteiger partial charge on any atom is 0.423 e. The Labute approximate surface area is 88.5 Å². The minimum Gasteiger partial charge on any atom is -0.331 e. The monoisotopic (exact) mass is 284 g/mol. The highest BCUT2D eigenvalue weighted by atomic mass is 35.6. The zero-order valence-corrected chi connectivity index (χ0v) is 8.12. The summed E-state index contributed by atoms with van der Waals surface area (Å²) < 4.78 is 68.6. The molecule has 86 valence electrons. The van der Waals surface area contributed by atoms with Gasteiger partial charge in [0, 0.05) is 0 Å². The van der Waals surface area contributed by atoms with Crippen molar-refractivity contribution < 1.29 is 31.4 Å². The van der Waals surface area contributed by atoms with Crippen molar-refractivity contribution >= 4 is 34.8 Å². The predicted molar refractivity (Wildman–Crippen MR) is 37.3 cm³/mol. The second kappa shape index (κ2) is 3.47. The van der Waals surface area contributed by atoms with Crippen LogP contribution in [0.4, 0.5) is 26.3 Å². The third kappa shape index (κ3) is 2.15. The molecule has 0 saturated heterocycles. The van der Waals surface area contributed by atoms with Gasteiger partial charge in [-0.15, -0.1) is 0 Å². The lowest BCUT2D eigenvalue weighted by Gasteiger charge is -2.33. The van der Waals surface area contributed by atoms with E-state index >= 15 is 0 Å². The summed E-state index contributed by atoms with van der Waals surface area (Å²) in [4.78, 5) is 0. The van der Waals surface area contributed by atoms with Gasteiger partial charge in [0.2, 0.25) is 0 Å². The second-order valence-electron chi connectivity index (χ2n) is 2.19. The summed E-state index contributed by atoms with van der Waals surface area (Å²) in [5.74, 6) is -11.9. The lowest BCUT2D eigenvalue weighted by molar-refractivity contribution is -0.382. The van der Waals surface area contributed by atoms with Crippen molar-refractivity contribution in [2.75, 3.05) is 0 Å². The maximum absolute atomic E-state index is 12.4. The first-order valence-corrected chi connectivity index (χ1v) is 3.81. The molecule has 1 N–H and O–H groups in total. The molecule has 0 amide bonds. The fraction of sp³-hybridized carbons (Fsp3) is 1.00. The van der Waals surface area contributed by atoms with Crippen LogP contribution in [0.25, 0.3) is 0 Å². The quantitative estimate of drug-likeness (QED) is 0.610. The lowest BCUT2D eigenvalue weighted by atomic mass is 10.2. The minimum absolute atomic E-state index is 3.97. The summed E-state index contributed by atoms with van der Waals surface area (Å²) in [6, 6.07) is 0. The molecule has 0 rings (SSSR count). The Balaban J connectivity index is 5.30. The molecule has 0 atom stereocenters. The molecule has 0 aromatic rings. The van der Waals surface area contributed by atoms with Crippen LogP contribution >= 0.6 is 34.8 Å². The first-order chi connectivity index (χ1) is 5.75. The predicted octanol–water partition coefficient (Wildman–Crippen LogP) is 3.21. The molecule has 1 nitrogen and oxygen atoms in total. The molecular formula is C4HCl3F6O. The summed E-state index contributed by atoms with van der Waals surface area (Å²) in [5.41, 5.74) is 0. The van der Waals surface area contributed by atoms with Gasteiger partial charge in [-0.1, -0.05) is 34.8 Å². The van der Waals surface area contributed by atoms with Crippen molar-refractivity contribution in [2.45, 2.75) is 21.7 Å². The smallest absolute Gasteiger partial charge is 0.331 e. The van der Waals surface area contributed by atoms with E-state index in [0.717, 1.165) is 0 Å². The van der Waals surface area contributed by atoms with Gasteiger partial charge in [0.1, 0.15) is 0 Å². The third-order valence-electron chi connectivity index (χ3n) is 1.13. The molecule has 0 aliphatic carbocycles. The van der Waals surface area contributed by atoms with Crippen LogP contribution in [0.5, 0.6) is 0 Å². The molecule has 0 saturated carbocycles. The van der Waals surface area contributed by atoms with Crippen LogP contribution in [-0.2, 0) is 0 Å². The van der Waals surface area contributed by atoms with E-state index in [9.17, 15) is 26.3 Å². The Bertz CT molecular complexity index is 194. The number of halogens is 9. The van der Waals surface area contributed by atoms with Gasteiger partial charge in [0.15, 0.2) is 0 Å². The highest BCUT2D eigenvalue weighted by Crippen LogP contribution is 2.55. The normalized spacial score (nSPS) is 15.9. The van der Waals surface area contributed by atoms with Gasteiger partial charge in [0.25, 0.3) is 3.79 Å². The van der Waals surface area contributed by atoms with Crippen molar-refractivity contribution in [3.8, 4) is 0 Å². The molecule has 0 aromatic carbocycles. The summed E-state index contributed by atoms with van der Waals surface area (Å²) in [6.45, 7) is 0. The van der Waals surface area contributed by atoms with Crippen molar-refractivity contribution in [3.05, 3.63) is 0 Å². The summed E-state index contributed by atoms with van der Waals surface area (Å²) in [5, 5.41) is 7.51. The van der Waals surface area contributed by atoms with Crippen LogP contribution in [0.15, 0.2) is 0 Å². The molecule has 0 unspecified atom stereocenters. The molecule has 0 radical (unpaired) electrons. The van der Waals surface area contributed by atoms with E-state index in [-0.39, 0.29) is 0 Å². The fourth-order valence-electron chi connectivity index (χ4n) is 0.367. The molecule has 0 fully saturated rings. The SMILES string of the molecule is OC(F)(F)C(F)(F)C(F)(F)C(Cl)(Cl)Cl. The highest BCUT2D eigenvalue weighted by molar-refractivity contribution is 6.68. The summed E-state index contributed by atoms with van der Waals surface area (Å²) in [6.07, 6.45) is -6.00. The van der Waals surface area contributed by atoms with Gasteiger partial charge in [-0.25, -0.2) is 0 Å². The first-order valence-electron chi connectivity index (χ1n) is 2.67. The third-order valence-corrected chi connectivity index (χ3v) is 1.84. The Morgan fingerprint density at radius 1 is 0.714 bits per heavy atom. The van der Waals surface area contributed by atoms with E-state index in [1.165, 1.54) is 0 Å². The molecule has 0 spiro atoms. The molecule has 14 heavy (non-hydrogen) atoms. The van der Waals surface area contributed by atoms with Crippen LogP contribution < -0.4 is 0 Å². The molecule has 0 aromatic heterocycles. The Hall–Kier alpha value is 0.410. The summed E-state index contributed by atoms with van der Waals surface area (Å²) >= 11 is 13.1. The number of hydrogen-bond donors (Lipinski definition) is 1. The molecule has 0 aliphatic heterocycles. The Kier molecular flexibility index (Phi) is 3.57. The van der Waals surface area contributed by atoms with E-state index in [0.29, 0.717) is 0 Å². The summed E-state index contributed by atoms with van der Waals surface area (Å²) in [7, 11) is 0. The van der Waals surface area contributed by atoms with Crippen LogP contribution in [0.2, 0.25) is 0 Å². The Morgan fingerprint density at radius 3 is 1.07 bits per heavy atom. The van der Waals surface area contributed by atoms with Crippen LogP contribution in [-0.4, -0.2) is 26.9 Å². The van der Waals surface area contributed by atoms with E-state index in [1.54, 1.807) is 0 Å². The Morgan fingerprint density at radius 2 is 1.00 bits per heavy atom. The molecule has 10 heteroatoms. The van der Waals surface area contributed by atoms with Crippen LogP contribution in [0.1, 0.15) is 0 Å². The average Bonchev–Trinajstić information content (AvgIpc) is 1.81. The second-order valence-corrected chi connectivity index (χ2v) is 4.47. The molecule has 0 aliphatic rings. The van der Waals surface area contributed by atoms with Crippen LogP contribution in [0, 0.1) is 0 Å². The molecular weight excluding hydrogens is 284 g/mol. The van der Waals surface area contributed by atoms with Gasteiger partial charge in [-0.3, -0.25) is 0 Å². The topological polar surface area (TPSA) is 20.2 Å². The van der Waals surface area contributed by atoms with E-state index in [2.05, 4.69) is 34.8 Å². The molecule has 0 heterocycles. The largest absolute Gasteiger partial charge is 0.423 e. The van der Waals surface area contributed by atoms with Gasteiger partial charge in [-0.2, -0.15) is 26.3 Å². The molecule has 0 bridgehead atoms. The van der Waals surface area contributed by atoms with Gasteiger partial charge in [-0.05, 0) is 0 Å². The number of rotatable bonds is 2. The van der Waals surface area contributed by atoms with Crippen molar-refractivity contribution in [1.29, 1.82) is 0 Å². The van der Waals surface area contributed by atoms with Gasteiger partial charge < -0.3 is 5.11 Å². The maximum atomic E-state index is 12.4. The van der Waals surface area contributed by atoms with Crippen molar-refractivity contribution in [1.82, 2.24) is 0 Å². The van der Waals surface area contributed by atoms with E-state index in [4.69, 9.17) is 5.11 Å². The zero-order valence-electron chi connectivity index (χ0n) is 5.85. The lowest BCUT2D eigenvalue weighted by Crippen LogP contribution is -2.59. The average molecular weight is 285 g/mol. The first kappa shape index (κ1) is 14.4. The standard InChI is InChI=1S/C4HCl3F6O/c5-3(6,7)1(8,9)2(10,11)4(12,13)14/h14H. The van der Waals surface area contributed by atoms with Crippen molar-refractivity contribution in [2.24, 2.45) is 0 Å². The van der Waals surface area contributed by atoms with Crippen molar-refractivity contribution in [3.63, 3.8) is 0 Å². The zero-order chi connectivity index (χ0) is 12.0.